The number of methoxy groups -OCH3 is 1. The third kappa shape index (κ3) is 4.73. The molecule has 176 valence electrons. The van der Waals surface area contributed by atoms with Crippen molar-refractivity contribution in [1.29, 1.82) is 0 Å². The molecule has 1 saturated heterocycles. The largest absolute Gasteiger partial charge is 0.383 e. The average molecular weight is 478 g/mol. The molecule has 1 amide bonds. The summed E-state index contributed by atoms with van der Waals surface area (Å²) in [4.78, 5) is 23.2. The highest BCUT2D eigenvalue weighted by atomic mass is 35.5. The first-order valence-corrected chi connectivity index (χ1v) is 11.9. The van der Waals surface area contributed by atoms with E-state index in [1.165, 1.54) is 0 Å². The van der Waals surface area contributed by atoms with Crippen LogP contribution in [-0.4, -0.2) is 60.2 Å². The summed E-state index contributed by atoms with van der Waals surface area (Å²) in [5.74, 6) is 0.502. The van der Waals surface area contributed by atoms with Gasteiger partial charge >= 0.3 is 0 Å². The van der Waals surface area contributed by atoms with Crippen LogP contribution in [0.1, 0.15) is 29.8 Å². The lowest BCUT2D eigenvalue weighted by Gasteiger charge is -2.32. The number of H-pyrrole nitrogens is 1. The highest BCUT2D eigenvalue weighted by Crippen LogP contribution is 2.40. The lowest BCUT2D eigenvalue weighted by atomic mass is 9.94. The van der Waals surface area contributed by atoms with Gasteiger partial charge in [-0.15, -0.1) is 0 Å². The zero-order valence-corrected chi connectivity index (χ0v) is 19.9. The highest BCUT2D eigenvalue weighted by molar-refractivity contribution is 6.38. The zero-order chi connectivity index (χ0) is 23.5. The Kier molecular flexibility index (Phi) is 6.67. The van der Waals surface area contributed by atoms with Crippen molar-refractivity contribution in [1.82, 2.24) is 14.9 Å². The first-order valence-electron chi connectivity index (χ1n) is 11.6. The first kappa shape index (κ1) is 22.7. The second-order valence-corrected chi connectivity index (χ2v) is 9.10. The van der Waals surface area contributed by atoms with E-state index in [4.69, 9.17) is 16.3 Å². The molecule has 1 aromatic heterocycles. The predicted octanol–water partition coefficient (Wildman–Crippen LogP) is 4.50. The summed E-state index contributed by atoms with van der Waals surface area (Å²) < 4.78 is 5.20. The van der Waals surface area contributed by atoms with Gasteiger partial charge in [0.15, 0.2) is 0 Å². The van der Waals surface area contributed by atoms with Crippen molar-refractivity contribution in [3.8, 4) is 0 Å². The van der Waals surface area contributed by atoms with Crippen LogP contribution in [0.25, 0.3) is 11.1 Å². The van der Waals surface area contributed by atoms with E-state index in [1.54, 1.807) is 19.5 Å². The van der Waals surface area contributed by atoms with Crippen LogP contribution in [0.5, 0.6) is 0 Å². The number of ether oxygens (including phenoxy) is 1. The number of aromatic nitrogens is 2. The number of benzene rings is 2. The number of anilines is 2. The Bertz CT molecular complexity index is 1180. The van der Waals surface area contributed by atoms with E-state index in [9.17, 15) is 4.79 Å². The average Bonchev–Trinajstić information content (AvgIpc) is 3.49. The number of fused-ring (bicyclic) bond motifs is 1. The van der Waals surface area contributed by atoms with Crippen molar-refractivity contribution in [2.24, 2.45) is 0 Å². The molecule has 0 saturated carbocycles. The molecular formula is C26H28ClN5O2. The molecular weight excluding hydrogens is 450 g/mol. The van der Waals surface area contributed by atoms with Crippen LogP contribution in [0.3, 0.4) is 0 Å². The van der Waals surface area contributed by atoms with E-state index in [0.717, 1.165) is 67.2 Å². The maximum Gasteiger partial charge on any atom is 0.257 e. The quantitative estimate of drug-likeness (QED) is 0.436. The number of piperidine rings is 1. The maximum atomic E-state index is 13.2. The standard InChI is InChI=1S/C26H28ClN5O2/c1-34-15-14-32-12-8-19(9-13-32)30-20-6-7-22-21(16-20)24(26(33)31-22)23(25-28-10-11-29-25)17-2-4-18(27)5-3-17/h2-7,10-11,16,19,30H,8-9,12-15H2,1H3,(H,28,29)(H,31,33). The predicted molar refractivity (Wildman–Crippen MR) is 136 cm³/mol. The van der Waals surface area contributed by atoms with Gasteiger partial charge in [-0.05, 0) is 48.7 Å². The molecule has 8 heteroatoms. The van der Waals surface area contributed by atoms with Gasteiger partial charge in [0.1, 0.15) is 5.82 Å². The van der Waals surface area contributed by atoms with Crippen LogP contribution < -0.4 is 10.6 Å². The van der Waals surface area contributed by atoms with Gasteiger partial charge in [0.05, 0.1) is 12.2 Å². The summed E-state index contributed by atoms with van der Waals surface area (Å²) >= 11 is 6.12. The van der Waals surface area contributed by atoms with Gasteiger partial charge in [-0.1, -0.05) is 23.7 Å². The highest BCUT2D eigenvalue weighted by Gasteiger charge is 2.30. The van der Waals surface area contributed by atoms with Crippen molar-refractivity contribution < 1.29 is 9.53 Å². The Morgan fingerprint density at radius 3 is 2.71 bits per heavy atom. The first-order chi connectivity index (χ1) is 16.6. The number of aromatic amines is 1. The zero-order valence-electron chi connectivity index (χ0n) is 19.1. The fourth-order valence-corrected chi connectivity index (χ4v) is 4.81. The molecule has 0 spiro atoms. The summed E-state index contributed by atoms with van der Waals surface area (Å²) in [5.41, 5.74) is 4.91. The normalized spacial score (nSPS) is 18.0. The van der Waals surface area contributed by atoms with Gasteiger partial charge in [0.2, 0.25) is 0 Å². The minimum Gasteiger partial charge on any atom is -0.383 e. The summed E-state index contributed by atoms with van der Waals surface area (Å²) in [5, 5.41) is 7.34. The lowest BCUT2D eigenvalue weighted by Crippen LogP contribution is -2.40. The van der Waals surface area contributed by atoms with Crippen LogP contribution in [0, 0.1) is 0 Å². The van der Waals surface area contributed by atoms with Crippen LogP contribution in [0.2, 0.25) is 5.02 Å². The SMILES string of the molecule is COCCN1CCC(Nc2ccc3c(c2)C(=C(c2ccc(Cl)cc2)c2ncc[nH]2)C(=O)N3)CC1. The number of amides is 1. The fraction of sp³-hybridized carbons (Fsp3) is 0.308. The smallest absolute Gasteiger partial charge is 0.257 e. The van der Waals surface area contributed by atoms with Gasteiger partial charge in [-0.2, -0.15) is 0 Å². The van der Waals surface area contributed by atoms with Crippen LogP contribution in [0.15, 0.2) is 54.9 Å². The Balaban J connectivity index is 1.45. The van der Waals surface area contributed by atoms with Gasteiger partial charge in [0, 0.05) is 72.7 Å². The van der Waals surface area contributed by atoms with E-state index >= 15 is 0 Å². The van der Waals surface area contributed by atoms with Gasteiger partial charge in [-0.3, -0.25) is 4.79 Å². The number of hydrogen-bond acceptors (Lipinski definition) is 5. The van der Waals surface area contributed by atoms with Gasteiger partial charge < -0.3 is 25.3 Å². The van der Waals surface area contributed by atoms with E-state index < -0.39 is 0 Å². The topological polar surface area (TPSA) is 82.3 Å². The number of carbonyl (C=O) groups excluding carboxylic acids is 1. The Morgan fingerprint density at radius 1 is 1.21 bits per heavy atom. The monoisotopic (exact) mass is 477 g/mol. The maximum absolute atomic E-state index is 13.2. The number of nitrogens with one attached hydrogen (secondary N) is 3. The van der Waals surface area contributed by atoms with Crippen molar-refractivity contribution >= 4 is 40.0 Å². The minimum absolute atomic E-state index is 0.139. The molecule has 2 aliphatic rings. The molecule has 2 aliphatic heterocycles. The van der Waals surface area contributed by atoms with Crippen molar-refractivity contribution in [3.63, 3.8) is 0 Å². The Labute approximate surface area is 204 Å². The molecule has 0 atom stereocenters. The number of hydrogen-bond donors (Lipinski definition) is 3. The molecule has 0 radical (unpaired) electrons. The third-order valence-corrected chi connectivity index (χ3v) is 6.70. The second kappa shape index (κ2) is 10.0. The van der Waals surface area contributed by atoms with Gasteiger partial charge in [-0.25, -0.2) is 4.98 Å². The summed E-state index contributed by atoms with van der Waals surface area (Å²) in [6.07, 6.45) is 5.60. The van der Waals surface area contributed by atoms with Crippen LogP contribution in [0.4, 0.5) is 11.4 Å². The number of imidazole rings is 1. The summed E-state index contributed by atoms with van der Waals surface area (Å²) in [6, 6.07) is 14.0. The van der Waals surface area contributed by atoms with E-state index in [1.807, 2.05) is 36.4 Å². The number of carbonyl (C=O) groups is 1. The number of likely N-dealkylation sites (tertiary alicyclic amines) is 1. The Morgan fingerprint density at radius 2 is 2.00 bits per heavy atom. The van der Waals surface area contributed by atoms with Crippen molar-refractivity contribution in [3.05, 3.63) is 76.8 Å². The molecule has 3 heterocycles. The third-order valence-electron chi connectivity index (χ3n) is 6.45. The van der Waals surface area contributed by atoms with E-state index in [-0.39, 0.29) is 5.91 Å². The number of nitrogens with zero attached hydrogens (tertiary/aromatic N) is 2. The van der Waals surface area contributed by atoms with Crippen molar-refractivity contribution in [2.75, 3.05) is 44.0 Å². The molecule has 0 bridgehead atoms. The number of rotatable bonds is 7. The molecule has 3 N–H and O–H groups in total. The Hall–Kier alpha value is -3.13. The summed E-state index contributed by atoms with van der Waals surface area (Å²) in [6.45, 7) is 3.85. The van der Waals surface area contributed by atoms with E-state index in [0.29, 0.717) is 22.5 Å². The second-order valence-electron chi connectivity index (χ2n) is 8.66. The van der Waals surface area contributed by atoms with E-state index in [2.05, 4.69) is 31.6 Å². The molecule has 34 heavy (non-hydrogen) atoms. The molecule has 0 aliphatic carbocycles. The molecule has 7 nitrogen and oxygen atoms in total. The van der Waals surface area contributed by atoms with Crippen LogP contribution >= 0.6 is 11.6 Å². The molecule has 5 rings (SSSR count). The van der Waals surface area contributed by atoms with Crippen molar-refractivity contribution in [2.45, 2.75) is 18.9 Å². The lowest BCUT2D eigenvalue weighted by molar-refractivity contribution is -0.110. The molecule has 3 aromatic rings. The van der Waals surface area contributed by atoms with Crippen LogP contribution in [-0.2, 0) is 9.53 Å². The van der Waals surface area contributed by atoms with Gasteiger partial charge in [0.25, 0.3) is 5.91 Å². The molecule has 1 fully saturated rings. The molecule has 2 aromatic carbocycles. The number of halogens is 1. The minimum atomic E-state index is -0.139. The summed E-state index contributed by atoms with van der Waals surface area (Å²) in [7, 11) is 1.74. The fourth-order valence-electron chi connectivity index (χ4n) is 4.68. The molecule has 0 unspecified atom stereocenters.